The van der Waals surface area contributed by atoms with Crippen molar-refractivity contribution in [2.24, 2.45) is 0 Å². The maximum absolute atomic E-state index is 12.9. The van der Waals surface area contributed by atoms with E-state index in [2.05, 4.69) is 20.6 Å². The van der Waals surface area contributed by atoms with E-state index in [9.17, 15) is 18.0 Å². The number of morpholine rings is 1. The molecular formula is C17H17ClF3N5O2. The number of amides is 1. The van der Waals surface area contributed by atoms with Gasteiger partial charge >= 0.3 is 6.18 Å². The average Bonchev–Trinajstić information content (AvgIpc) is 2.68. The quantitative estimate of drug-likeness (QED) is 0.728. The lowest BCUT2D eigenvalue weighted by molar-refractivity contribution is -0.137. The van der Waals surface area contributed by atoms with Crippen molar-refractivity contribution in [1.29, 1.82) is 0 Å². The summed E-state index contributed by atoms with van der Waals surface area (Å²) in [7, 11) is 1.34. The third kappa shape index (κ3) is 4.45. The minimum absolute atomic E-state index is 0.0342. The van der Waals surface area contributed by atoms with Crippen LogP contribution in [0.4, 0.5) is 30.6 Å². The molecule has 1 saturated heterocycles. The van der Waals surface area contributed by atoms with Crippen molar-refractivity contribution in [1.82, 2.24) is 14.9 Å². The number of hydrogen-bond donors (Lipinski definition) is 2. The molecule has 7 nitrogen and oxygen atoms in total. The Kier molecular flexibility index (Phi) is 5.90. The van der Waals surface area contributed by atoms with Crippen LogP contribution in [-0.2, 0) is 15.7 Å². The molecular weight excluding hydrogens is 399 g/mol. The van der Waals surface area contributed by atoms with Crippen LogP contribution in [0.5, 0.6) is 0 Å². The van der Waals surface area contributed by atoms with E-state index < -0.39 is 11.7 Å². The van der Waals surface area contributed by atoms with Gasteiger partial charge in [-0.1, -0.05) is 17.7 Å². The van der Waals surface area contributed by atoms with Crippen molar-refractivity contribution in [3.05, 3.63) is 40.5 Å². The van der Waals surface area contributed by atoms with Crippen LogP contribution in [0.15, 0.2) is 24.4 Å². The Balaban J connectivity index is 1.79. The summed E-state index contributed by atoms with van der Waals surface area (Å²) >= 11 is 6.29. The minimum Gasteiger partial charge on any atom is -0.372 e. The Morgan fingerprint density at radius 2 is 2.18 bits per heavy atom. The number of carbonyl (C=O) groups is 1. The predicted octanol–water partition coefficient (Wildman–Crippen LogP) is 3.46. The summed E-state index contributed by atoms with van der Waals surface area (Å²) < 4.78 is 44.5. The first-order valence-corrected chi connectivity index (χ1v) is 8.69. The molecule has 1 fully saturated rings. The van der Waals surface area contributed by atoms with E-state index >= 15 is 0 Å². The number of hydrogen-bond acceptors (Lipinski definition) is 6. The molecule has 150 valence electrons. The van der Waals surface area contributed by atoms with Gasteiger partial charge in [0.05, 0.1) is 23.9 Å². The highest BCUT2D eigenvalue weighted by Crippen LogP contribution is 2.35. The molecule has 0 saturated carbocycles. The van der Waals surface area contributed by atoms with E-state index in [1.807, 2.05) is 0 Å². The van der Waals surface area contributed by atoms with E-state index in [-0.39, 0.29) is 17.9 Å². The number of benzene rings is 1. The summed E-state index contributed by atoms with van der Waals surface area (Å²) in [6.45, 7) is 1.37. The third-order valence-corrected chi connectivity index (χ3v) is 4.50. The number of rotatable bonds is 5. The second kappa shape index (κ2) is 8.19. The second-order valence-corrected chi connectivity index (χ2v) is 6.43. The summed E-state index contributed by atoms with van der Waals surface area (Å²) in [5, 5.41) is 5.54. The van der Waals surface area contributed by atoms with Crippen molar-refractivity contribution in [3.63, 3.8) is 0 Å². The number of anilines is 3. The van der Waals surface area contributed by atoms with E-state index in [1.165, 1.54) is 7.05 Å². The molecule has 2 N–H and O–H groups in total. The Bertz CT molecular complexity index is 865. The van der Waals surface area contributed by atoms with Gasteiger partial charge in [-0.3, -0.25) is 4.79 Å². The number of alkyl halides is 3. The Labute approximate surface area is 163 Å². The highest BCUT2D eigenvalue weighted by Gasteiger charge is 2.35. The van der Waals surface area contributed by atoms with Crippen molar-refractivity contribution in [2.75, 3.05) is 37.4 Å². The average molecular weight is 416 g/mol. The second-order valence-electron chi connectivity index (χ2n) is 6.03. The topological polar surface area (TPSA) is 79.4 Å². The largest absolute Gasteiger partial charge is 0.421 e. The van der Waals surface area contributed by atoms with Crippen LogP contribution in [0.2, 0.25) is 5.02 Å². The zero-order valence-electron chi connectivity index (χ0n) is 14.8. The summed E-state index contributed by atoms with van der Waals surface area (Å²) in [6.07, 6.45) is -3.39. The fourth-order valence-electron chi connectivity index (χ4n) is 2.76. The number of nitrogens with one attached hydrogen (secondary N) is 2. The molecule has 0 aliphatic carbocycles. The zero-order valence-corrected chi connectivity index (χ0v) is 15.5. The van der Waals surface area contributed by atoms with Crippen LogP contribution in [-0.4, -0.2) is 48.0 Å². The number of nitrogens with zero attached hydrogens (tertiary/aromatic N) is 3. The van der Waals surface area contributed by atoms with E-state index in [4.69, 9.17) is 16.3 Å². The SMILES string of the molecule is CNc1nc(Nc2ccc(C3CN(C=O)CCO3)cc2Cl)ncc1C(F)(F)F. The third-order valence-electron chi connectivity index (χ3n) is 4.19. The first-order valence-electron chi connectivity index (χ1n) is 8.31. The van der Waals surface area contributed by atoms with Gasteiger partial charge in [0.2, 0.25) is 12.4 Å². The van der Waals surface area contributed by atoms with Crippen LogP contribution in [0.25, 0.3) is 0 Å². The maximum Gasteiger partial charge on any atom is 0.421 e. The fourth-order valence-corrected chi connectivity index (χ4v) is 3.00. The summed E-state index contributed by atoms with van der Waals surface area (Å²) in [6, 6.07) is 5.09. The molecule has 0 spiro atoms. The molecule has 1 unspecified atom stereocenters. The van der Waals surface area contributed by atoms with Gasteiger partial charge in [-0.15, -0.1) is 0 Å². The van der Waals surface area contributed by atoms with Gasteiger partial charge in [0.25, 0.3) is 0 Å². The van der Waals surface area contributed by atoms with Crippen LogP contribution >= 0.6 is 11.6 Å². The smallest absolute Gasteiger partial charge is 0.372 e. The van der Waals surface area contributed by atoms with Gasteiger partial charge in [-0.05, 0) is 17.7 Å². The van der Waals surface area contributed by atoms with E-state index in [1.54, 1.807) is 23.1 Å². The van der Waals surface area contributed by atoms with Gasteiger partial charge in [-0.25, -0.2) is 4.98 Å². The van der Waals surface area contributed by atoms with Gasteiger partial charge in [-0.2, -0.15) is 18.2 Å². The molecule has 0 bridgehead atoms. The van der Waals surface area contributed by atoms with Crippen molar-refractivity contribution < 1.29 is 22.7 Å². The number of carbonyl (C=O) groups excluding carboxylic acids is 1. The lowest BCUT2D eigenvalue weighted by atomic mass is 10.1. The highest BCUT2D eigenvalue weighted by molar-refractivity contribution is 6.33. The zero-order chi connectivity index (χ0) is 20.3. The lowest BCUT2D eigenvalue weighted by Gasteiger charge is -2.30. The summed E-state index contributed by atoms with van der Waals surface area (Å²) in [5.74, 6) is -0.379. The molecule has 1 amide bonds. The molecule has 0 radical (unpaired) electrons. The first-order chi connectivity index (χ1) is 13.3. The summed E-state index contributed by atoms with van der Waals surface area (Å²) in [5.41, 5.74) is 0.248. The van der Waals surface area contributed by atoms with E-state index in [0.717, 1.165) is 12.0 Å². The molecule has 1 aliphatic rings. The summed E-state index contributed by atoms with van der Waals surface area (Å²) in [4.78, 5) is 20.1. The van der Waals surface area contributed by atoms with Crippen LogP contribution in [0.3, 0.4) is 0 Å². The number of halogens is 4. The van der Waals surface area contributed by atoms with E-state index in [0.29, 0.717) is 36.6 Å². The maximum atomic E-state index is 12.9. The van der Waals surface area contributed by atoms with Gasteiger partial charge in [0.15, 0.2) is 0 Å². The molecule has 3 rings (SSSR count). The van der Waals surface area contributed by atoms with Crippen molar-refractivity contribution in [2.45, 2.75) is 12.3 Å². The van der Waals surface area contributed by atoms with Crippen LogP contribution < -0.4 is 10.6 Å². The number of aromatic nitrogens is 2. The molecule has 2 aromatic rings. The normalized spacial score (nSPS) is 17.3. The lowest BCUT2D eigenvalue weighted by Crippen LogP contribution is -2.37. The first kappa shape index (κ1) is 20.2. The van der Waals surface area contributed by atoms with Gasteiger partial charge in [0.1, 0.15) is 17.5 Å². The van der Waals surface area contributed by atoms with Crippen LogP contribution in [0.1, 0.15) is 17.2 Å². The standard InChI is InChI=1S/C17H17ClF3N5O2/c1-22-15-11(17(19,20)21)7-23-16(25-15)24-13-3-2-10(6-12(13)18)14-8-26(9-27)4-5-28-14/h2-3,6-7,9,14H,4-5,8H2,1H3,(H2,22,23,24,25). The Morgan fingerprint density at radius 1 is 1.39 bits per heavy atom. The molecule has 28 heavy (non-hydrogen) atoms. The highest BCUT2D eigenvalue weighted by atomic mass is 35.5. The molecule has 11 heteroatoms. The fraction of sp³-hybridized carbons (Fsp3) is 0.353. The molecule has 2 heterocycles. The Morgan fingerprint density at radius 3 is 2.82 bits per heavy atom. The molecule has 1 atom stereocenters. The van der Waals surface area contributed by atoms with Crippen molar-refractivity contribution >= 4 is 35.5 Å². The predicted molar refractivity (Wildman–Crippen MR) is 97.6 cm³/mol. The minimum atomic E-state index is -4.56. The molecule has 1 aliphatic heterocycles. The van der Waals surface area contributed by atoms with Gasteiger partial charge < -0.3 is 20.3 Å². The Hall–Kier alpha value is -2.59. The number of ether oxygens (including phenoxy) is 1. The molecule has 1 aromatic heterocycles. The monoisotopic (exact) mass is 415 g/mol. The van der Waals surface area contributed by atoms with Crippen molar-refractivity contribution in [3.8, 4) is 0 Å². The van der Waals surface area contributed by atoms with Gasteiger partial charge in [0, 0.05) is 19.8 Å². The van der Waals surface area contributed by atoms with Crippen LogP contribution in [0, 0.1) is 0 Å². The molecule has 1 aromatic carbocycles.